The quantitative estimate of drug-likeness (QED) is 0.741. The third-order valence-corrected chi connectivity index (χ3v) is 2.59. The van der Waals surface area contributed by atoms with Crippen LogP contribution in [0.25, 0.3) is 0 Å². The number of rotatable bonds is 4. The summed E-state index contributed by atoms with van der Waals surface area (Å²) in [4.78, 5) is 24.0. The van der Waals surface area contributed by atoms with Gasteiger partial charge < -0.3 is 14.7 Å². The van der Waals surface area contributed by atoms with E-state index >= 15 is 0 Å². The van der Waals surface area contributed by atoms with E-state index in [4.69, 9.17) is 9.84 Å². The van der Waals surface area contributed by atoms with E-state index in [1.54, 1.807) is 4.90 Å². The molecule has 86 valence electrons. The van der Waals surface area contributed by atoms with Gasteiger partial charge in [-0.15, -0.1) is 0 Å². The second-order valence-electron chi connectivity index (χ2n) is 3.71. The lowest BCUT2D eigenvalue weighted by Gasteiger charge is -2.29. The average molecular weight is 215 g/mol. The summed E-state index contributed by atoms with van der Waals surface area (Å²) in [6.07, 6.45) is 2.04. The molecule has 1 N–H and O–H groups in total. The summed E-state index contributed by atoms with van der Waals surface area (Å²) in [7, 11) is 1.37. The van der Waals surface area contributed by atoms with Crippen LogP contribution in [-0.2, 0) is 14.3 Å². The maximum Gasteiger partial charge on any atom is 0.306 e. The van der Waals surface area contributed by atoms with Gasteiger partial charge in [0, 0.05) is 20.2 Å². The molecule has 1 heterocycles. The zero-order valence-electron chi connectivity index (χ0n) is 8.94. The van der Waals surface area contributed by atoms with Crippen LogP contribution in [0, 0.1) is 0 Å². The number of amides is 1. The summed E-state index contributed by atoms with van der Waals surface area (Å²) >= 11 is 0. The zero-order chi connectivity index (χ0) is 11.3. The Morgan fingerprint density at radius 1 is 1.33 bits per heavy atom. The molecule has 0 saturated carbocycles. The van der Waals surface area contributed by atoms with Gasteiger partial charge in [0.2, 0.25) is 0 Å². The Labute approximate surface area is 89.0 Å². The van der Waals surface area contributed by atoms with Gasteiger partial charge in [-0.2, -0.15) is 0 Å². The lowest BCUT2D eigenvalue weighted by Crippen LogP contribution is -2.43. The van der Waals surface area contributed by atoms with Crippen molar-refractivity contribution in [1.82, 2.24) is 4.90 Å². The Morgan fingerprint density at radius 3 is 2.40 bits per heavy atom. The normalized spacial score (nSPS) is 18.6. The van der Waals surface area contributed by atoms with Crippen LogP contribution in [0.1, 0.15) is 25.7 Å². The van der Waals surface area contributed by atoms with Gasteiger partial charge >= 0.3 is 5.97 Å². The molecule has 0 aromatic carbocycles. The average Bonchev–Trinajstić information content (AvgIpc) is 2.26. The van der Waals surface area contributed by atoms with Crippen LogP contribution in [-0.4, -0.2) is 48.2 Å². The fraction of sp³-hybridized carbons (Fsp3) is 0.800. The van der Waals surface area contributed by atoms with Crippen LogP contribution in [0.5, 0.6) is 0 Å². The number of methoxy groups -OCH3 is 1. The number of ether oxygens (including phenoxy) is 1. The number of hydrogen-bond acceptors (Lipinski definition) is 3. The van der Waals surface area contributed by atoms with E-state index in [0.29, 0.717) is 0 Å². The van der Waals surface area contributed by atoms with E-state index in [1.165, 1.54) is 7.11 Å². The molecule has 0 bridgehead atoms. The first-order chi connectivity index (χ1) is 7.15. The van der Waals surface area contributed by atoms with Crippen LogP contribution < -0.4 is 0 Å². The molecule has 0 aromatic heterocycles. The second-order valence-corrected chi connectivity index (χ2v) is 3.71. The number of nitrogens with zero attached hydrogens (tertiary/aromatic N) is 1. The van der Waals surface area contributed by atoms with E-state index < -0.39 is 12.1 Å². The van der Waals surface area contributed by atoms with Crippen LogP contribution in [0.4, 0.5) is 0 Å². The van der Waals surface area contributed by atoms with Crippen molar-refractivity contribution in [3.05, 3.63) is 0 Å². The maximum absolute atomic E-state index is 11.8. The minimum atomic E-state index is -1.01. The molecule has 0 radical (unpaired) electrons. The van der Waals surface area contributed by atoms with Gasteiger partial charge in [-0.3, -0.25) is 9.59 Å². The summed E-state index contributed by atoms with van der Waals surface area (Å²) < 4.78 is 4.90. The van der Waals surface area contributed by atoms with E-state index in [1.807, 2.05) is 0 Å². The Morgan fingerprint density at radius 2 is 1.93 bits per heavy atom. The highest BCUT2D eigenvalue weighted by atomic mass is 16.5. The largest absolute Gasteiger partial charge is 0.481 e. The number of carboxylic acids is 1. The number of piperidine rings is 1. The maximum atomic E-state index is 11.8. The van der Waals surface area contributed by atoms with Gasteiger partial charge in [0.05, 0.1) is 6.42 Å². The Kier molecular flexibility index (Phi) is 4.55. The third kappa shape index (κ3) is 3.51. The SMILES string of the molecule is COC(CC(=O)O)C(=O)N1CCCCC1. The summed E-state index contributed by atoms with van der Waals surface area (Å²) in [6, 6.07) is 0. The van der Waals surface area contributed by atoms with Crippen molar-refractivity contribution in [2.45, 2.75) is 31.8 Å². The molecule has 1 amide bonds. The van der Waals surface area contributed by atoms with Crippen LogP contribution in [0.15, 0.2) is 0 Å². The molecule has 0 aromatic rings. The molecule has 1 aliphatic rings. The molecule has 0 spiro atoms. The van der Waals surface area contributed by atoms with Gasteiger partial charge in [-0.05, 0) is 19.3 Å². The van der Waals surface area contributed by atoms with Crippen molar-refractivity contribution in [1.29, 1.82) is 0 Å². The first-order valence-corrected chi connectivity index (χ1v) is 5.18. The molecular formula is C10H17NO4. The molecule has 1 unspecified atom stereocenters. The van der Waals surface area contributed by atoms with Crippen molar-refractivity contribution in [3.8, 4) is 0 Å². The molecular weight excluding hydrogens is 198 g/mol. The zero-order valence-corrected chi connectivity index (χ0v) is 8.94. The van der Waals surface area contributed by atoms with Crippen molar-refractivity contribution in [2.24, 2.45) is 0 Å². The highest BCUT2D eigenvalue weighted by molar-refractivity contribution is 5.85. The first-order valence-electron chi connectivity index (χ1n) is 5.18. The number of carbonyl (C=O) groups excluding carboxylic acids is 1. The van der Waals surface area contributed by atoms with Crippen LogP contribution >= 0.6 is 0 Å². The van der Waals surface area contributed by atoms with Crippen molar-refractivity contribution in [2.75, 3.05) is 20.2 Å². The summed E-state index contributed by atoms with van der Waals surface area (Å²) in [5.41, 5.74) is 0. The van der Waals surface area contributed by atoms with Crippen molar-refractivity contribution >= 4 is 11.9 Å². The number of aliphatic carboxylic acids is 1. The topological polar surface area (TPSA) is 66.8 Å². The van der Waals surface area contributed by atoms with Crippen molar-refractivity contribution < 1.29 is 19.4 Å². The summed E-state index contributed by atoms with van der Waals surface area (Å²) in [5, 5.41) is 8.61. The minimum Gasteiger partial charge on any atom is -0.481 e. The highest BCUT2D eigenvalue weighted by Crippen LogP contribution is 2.12. The highest BCUT2D eigenvalue weighted by Gasteiger charge is 2.27. The fourth-order valence-electron chi connectivity index (χ4n) is 1.75. The standard InChI is InChI=1S/C10H17NO4/c1-15-8(7-9(12)13)10(14)11-5-3-2-4-6-11/h8H,2-7H2,1H3,(H,12,13). The van der Waals surface area contributed by atoms with E-state index in [9.17, 15) is 9.59 Å². The fourth-order valence-corrected chi connectivity index (χ4v) is 1.75. The summed E-state index contributed by atoms with van der Waals surface area (Å²) in [6.45, 7) is 1.44. The minimum absolute atomic E-state index is 0.195. The predicted octanol–water partition coefficient (Wildman–Crippen LogP) is 0.489. The van der Waals surface area contributed by atoms with Crippen LogP contribution in [0.2, 0.25) is 0 Å². The van der Waals surface area contributed by atoms with E-state index in [-0.39, 0.29) is 12.3 Å². The lowest BCUT2D eigenvalue weighted by atomic mass is 10.1. The van der Waals surface area contributed by atoms with Gasteiger partial charge in [0.25, 0.3) is 5.91 Å². The summed E-state index contributed by atoms with van der Waals surface area (Å²) in [5.74, 6) is -1.20. The number of likely N-dealkylation sites (tertiary alicyclic amines) is 1. The number of carbonyl (C=O) groups is 2. The molecule has 1 saturated heterocycles. The molecule has 0 aliphatic carbocycles. The van der Waals surface area contributed by atoms with Gasteiger partial charge in [0.1, 0.15) is 6.10 Å². The smallest absolute Gasteiger partial charge is 0.306 e. The molecule has 1 fully saturated rings. The van der Waals surface area contributed by atoms with Gasteiger partial charge in [-0.25, -0.2) is 0 Å². The Balaban J connectivity index is 2.50. The Hall–Kier alpha value is -1.10. The van der Waals surface area contributed by atoms with E-state index in [0.717, 1.165) is 32.4 Å². The van der Waals surface area contributed by atoms with Gasteiger partial charge in [0.15, 0.2) is 0 Å². The molecule has 1 atom stereocenters. The molecule has 15 heavy (non-hydrogen) atoms. The van der Waals surface area contributed by atoms with Gasteiger partial charge in [-0.1, -0.05) is 0 Å². The number of carboxylic acid groups (broad SMARTS) is 1. The van der Waals surface area contributed by atoms with E-state index in [2.05, 4.69) is 0 Å². The molecule has 5 heteroatoms. The Bertz CT molecular complexity index is 236. The molecule has 1 aliphatic heterocycles. The molecule has 1 rings (SSSR count). The van der Waals surface area contributed by atoms with Crippen molar-refractivity contribution in [3.63, 3.8) is 0 Å². The second kappa shape index (κ2) is 5.70. The first kappa shape index (κ1) is 12.0. The van der Waals surface area contributed by atoms with Crippen LogP contribution in [0.3, 0.4) is 0 Å². The monoisotopic (exact) mass is 215 g/mol. The number of hydrogen-bond donors (Lipinski definition) is 1. The third-order valence-electron chi connectivity index (χ3n) is 2.59. The predicted molar refractivity (Wildman–Crippen MR) is 53.5 cm³/mol. The lowest BCUT2D eigenvalue weighted by molar-refractivity contribution is -0.151. The molecule has 5 nitrogen and oxygen atoms in total.